The molecule has 0 aromatic heterocycles. The van der Waals surface area contributed by atoms with Crippen LogP contribution >= 0.6 is 0 Å². The number of hydrogen-bond donors (Lipinski definition) is 0. The van der Waals surface area contributed by atoms with E-state index < -0.39 is 0 Å². The fourth-order valence-corrected chi connectivity index (χ4v) is 2.82. The van der Waals surface area contributed by atoms with Crippen molar-refractivity contribution in [1.82, 2.24) is 0 Å². The molecular weight excluding hydrogens is 272 g/mol. The Morgan fingerprint density at radius 3 is 2.05 bits per heavy atom. The molecule has 3 unspecified atom stereocenters. The first kappa shape index (κ1) is 17.2. The molecule has 0 bridgehead atoms. The van der Waals surface area contributed by atoms with Crippen LogP contribution in [0.5, 0.6) is 0 Å². The molecule has 2 fully saturated rings. The van der Waals surface area contributed by atoms with E-state index in [9.17, 15) is 0 Å². The largest absolute Gasteiger partial charge is 0.373 e. The lowest BCUT2D eigenvalue weighted by atomic mass is 9.99. The Morgan fingerprint density at radius 2 is 1.43 bits per heavy atom. The first-order chi connectivity index (χ1) is 10.2. The van der Waals surface area contributed by atoms with Crippen LogP contribution < -0.4 is 0 Å². The van der Waals surface area contributed by atoms with E-state index in [1.54, 1.807) is 0 Å². The van der Waals surface area contributed by atoms with Crippen LogP contribution in [-0.4, -0.2) is 50.2 Å². The van der Waals surface area contributed by atoms with Crippen molar-refractivity contribution in [1.29, 1.82) is 0 Å². The van der Waals surface area contributed by atoms with Crippen LogP contribution in [0.25, 0.3) is 0 Å². The Hall–Kier alpha value is -0.200. The third-order valence-corrected chi connectivity index (χ3v) is 4.02. The first-order valence-corrected chi connectivity index (χ1v) is 8.37. The van der Waals surface area contributed by atoms with Crippen molar-refractivity contribution < 1.29 is 23.7 Å². The van der Waals surface area contributed by atoms with E-state index in [2.05, 4.69) is 13.8 Å². The number of unbranched alkanes of at least 4 members (excludes halogenated alkanes) is 2. The molecule has 6 atom stereocenters. The zero-order valence-electron chi connectivity index (χ0n) is 13.7. The van der Waals surface area contributed by atoms with Crippen LogP contribution in [0.15, 0.2) is 0 Å². The number of rotatable bonds is 8. The highest BCUT2D eigenvalue weighted by Gasteiger charge is 2.51. The second-order valence-electron chi connectivity index (χ2n) is 5.89. The third kappa shape index (κ3) is 4.39. The maximum Gasteiger partial charge on any atom is 0.189 e. The molecule has 2 saturated heterocycles. The topological polar surface area (TPSA) is 46.2 Å². The van der Waals surface area contributed by atoms with Crippen molar-refractivity contribution in [2.24, 2.45) is 0 Å². The summed E-state index contributed by atoms with van der Waals surface area (Å²) in [5.74, 6) is 0. The van der Waals surface area contributed by atoms with Crippen LogP contribution in [-0.2, 0) is 23.7 Å². The van der Waals surface area contributed by atoms with Gasteiger partial charge in [-0.05, 0) is 26.7 Å². The van der Waals surface area contributed by atoms with Crippen LogP contribution in [0.1, 0.15) is 53.4 Å². The van der Waals surface area contributed by atoms with Gasteiger partial charge < -0.3 is 23.7 Å². The zero-order valence-corrected chi connectivity index (χ0v) is 13.7. The van der Waals surface area contributed by atoms with Crippen molar-refractivity contribution in [3.05, 3.63) is 0 Å². The molecule has 0 N–H and O–H groups in total. The van der Waals surface area contributed by atoms with Crippen LogP contribution in [0, 0.1) is 0 Å². The van der Waals surface area contributed by atoms with Crippen LogP contribution in [0.3, 0.4) is 0 Å². The molecule has 124 valence electrons. The predicted molar refractivity (Wildman–Crippen MR) is 79.1 cm³/mol. The van der Waals surface area contributed by atoms with Gasteiger partial charge >= 0.3 is 0 Å². The van der Waals surface area contributed by atoms with E-state index in [0.29, 0.717) is 0 Å². The molecule has 0 radical (unpaired) electrons. The van der Waals surface area contributed by atoms with Gasteiger partial charge in [0, 0.05) is 13.2 Å². The number of ether oxygens (including phenoxy) is 5. The minimum atomic E-state index is -0.340. The molecule has 0 spiro atoms. The summed E-state index contributed by atoms with van der Waals surface area (Å²) in [6, 6.07) is 0. The summed E-state index contributed by atoms with van der Waals surface area (Å²) in [7, 11) is 0. The van der Waals surface area contributed by atoms with Crippen molar-refractivity contribution in [2.75, 3.05) is 13.2 Å². The van der Waals surface area contributed by atoms with E-state index in [1.807, 2.05) is 13.8 Å². The van der Waals surface area contributed by atoms with Crippen molar-refractivity contribution in [2.45, 2.75) is 90.4 Å². The fourth-order valence-electron chi connectivity index (χ4n) is 2.82. The lowest BCUT2D eigenvalue weighted by molar-refractivity contribution is -0.261. The van der Waals surface area contributed by atoms with Gasteiger partial charge in [-0.1, -0.05) is 26.7 Å². The monoisotopic (exact) mass is 302 g/mol. The summed E-state index contributed by atoms with van der Waals surface area (Å²) < 4.78 is 29.5. The van der Waals surface area contributed by atoms with E-state index >= 15 is 0 Å². The average molecular weight is 302 g/mol. The molecule has 0 aromatic carbocycles. The summed E-state index contributed by atoms with van der Waals surface area (Å²) in [5, 5.41) is 0. The normalized spacial score (nSPS) is 39.4. The molecule has 21 heavy (non-hydrogen) atoms. The van der Waals surface area contributed by atoms with Gasteiger partial charge in [-0.2, -0.15) is 0 Å². The van der Waals surface area contributed by atoms with Gasteiger partial charge in [0.05, 0.1) is 6.10 Å². The molecule has 0 aliphatic carbocycles. The highest BCUT2D eigenvalue weighted by molar-refractivity contribution is 4.93. The van der Waals surface area contributed by atoms with Gasteiger partial charge in [-0.3, -0.25) is 0 Å². The summed E-state index contributed by atoms with van der Waals surface area (Å²) in [5.41, 5.74) is 0. The van der Waals surface area contributed by atoms with Gasteiger partial charge in [0.1, 0.15) is 18.3 Å². The minimum absolute atomic E-state index is 0.0522. The van der Waals surface area contributed by atoms with E-state index in [4.69, 9.17) is 23.7 Å². The Labute approximate surface area is 128 Å². The second kappa shape index (κ2) is 8.44. The Balaban J connectivity index is 2.00. The fraction of sp³-hybridized carbons (Fsp3) is 1.00. The summed E-state index contributed by atoms with van der Waals surface area (Å²) in [6.45, 7) is 9.69. The first-order valence-electron chi connectivity index (χ1n) is 8.37. The quantitative estimate of drug-likeness (QED) is 0.645. The van der Waals surface area contributed by atoms with Gasteiger partial charge in [0.2, 0.25) is 0 Å². The lowest BCUT2D eigenvalue weighted by Gasteiger charge is -2.41. The molecule has 5 heteroatoms. The molecule has 0 aromatic rings. The third-order valence-electron chi connectivity index (χ3n) is 4.02. The smallest absolute Gasteiger partial charge is 0.189 e. The molecule has 2 rings (SSSR count). The Bertz CT molecular complexity index is 298. The maximum atomic E-state index is 6.09. The predicted octanol–water partition coefficient (Wildman–Crippen LogP) is 2.86. The Morgan fingerprint density at radius 1 is 0.810 bits per heavy atom. The van der Waals surface area contributed by atoms with Crippen LogP contribution in [0.4, 0.5) is 0 Å². The summed E-state index contributed by atoms with van der Waals surface area (Å²) >= 11 is 0. The standard InChI is InChI=1S/C16H30O5/c1-5-7-9-17-13-11(3)19-16-15(20-12(4)21-16)14(13)18-10-8-6-2/h11-16H,5-10H2,1-4H3/t11?,12?,13-,14?,15-,16+/m0/s1. The SMILES string of the molecule is CCCCOC1[C@@H](OCCCC)C(C)O[C@@H]2OC(C)O[C@@H]12. The van der Waals surface area contributed by atoms with Gasteiger partial charge in [0.25, 0.3) is 0 Å². The molecule has 0 saturated carbocycles. The average Bonchev–Trinajstić information content (AvgIpc) is 2.81. The highest BCUT2D eigenvalue weighted by atomic mass is 16.8. The molecule has 2 aliphatic heterocycles. The zero-order chi connectivity index (χ0) is 15.2. The highest BCUT2D eigenvalue weighted by Crippen LogP contribution is 2.34. The number of hydrogen-bond acceptors (Lipinski definition) is 5. The number of fused-ring (bicyclic) bond motifs is 1. The van der Waals surface area contributed by atoms with Crippen molar-refractivity contribution >= 4 is 0 Å². The molecule has 0 amide bonds. The molecule has 5 nitrogen and oxygen atoms in total. The van der Waals surface area contributed by atoms with Crippen LogP contribution in [0.2, 0.25) is 0 Å². The summed E-state index contributed by atoms with van der Waals surface area (Å²) in [6.07, 6.45) is 3.27. The van der Waals surface area contributed by atoms with Crippen molar-refractivity contribution in [3.8, 4) is 0 Å². The van der Waals surface area contributed by atoms with E-state index in [0.717, 1.165) is 38.9 Å². The van der Waals surface area contributed by atoms with Gasteiger partial charge in [0.15, 0.2) is 12.6 Å². The molecule has 2 heterocycles. The van der Waals surface area contributed by atoms with Gasteiger partial charge in [-0.25, -0.2) is 0 Å². The van der Waals surface area contributed by atoms with E-state index in [1.165, 1.54) is 0 Å². The lowest BCUT2D eigenvalue weighted by Crippen LogP contribution is -2.57. The van der Waals surface area contributed by atoms with Gasteiger partial charge in [-0.15, -0.1) is 0 Å². The van der Waals surface area contributed by atoms with E-state index in [-0.39, 0.29) is 37.0 Å². The minimum Gasteiger partial charge on any atom is -0.373 e. The summed E-state index contributed by atoms with van der Waals surface area (Å²) in [4.78, 5) is 0. The Kier molecular flexibility index (Phi) is 6.89. The second-order valence-corrected chi connectivity index (χ2v) is 5.89. The molecular formula is C16H30O5. The molecule has 2 aliphatic rings. The van der Waals surface area contributed by atoms with Crippen molar-refractivity contribution in [3.63, 3.8) is 0 Å². The maximum absolute atomic E-state index is 6.09.